The molecular formula is C41H50N2O10. The highest BCUT2D eigenvalue weighted by atomic mass is 16.4. The minimum atomic E-state index is -1.55. The van der Waals surface area contributed by atoms with Gasteiger partial charge in [0, 0.05) is 18.8 Å². The van der Waals surface area contributed by atoms with Crippen molar-refractivity contribution in [2.75, 3.05) is 0 Å². The zero-order chi connectivity index (χ0) is 39.4. The standard InChI is InChI=1S/C19H18O2.C15H22O2.C7H10N2O6/c20-19(21)12-6-5-11-18-16-9-3-1-7-14(16)13-15-8-2-4-10-17(15)18;1-2-3-4-5-6-7-8-9-10-11-12-13-14-15(16)17;1-3(9-15)6(12)8-4(7(13)14)2-5(10)11/h1-4,7-10,13H,5-6,11-12H2,(H,20,21);2-10H2,1H3,(H,16,17);4,15H,2H2,1H3,(H,8,12)(H,10,11)(H,13,14). The van der Waals surface area contributed by atoms with Gasteiger partial charge < -0.3 is 31.0 Å². The predicted octanol–water partition coefficient (Wildman–Crippen LogP) is 7.28. The molecular weight excluding hydrogens is 680 g/mol. The molecule has 6 N–H and O–H groups in total. The van der Waals surface area contributed by atoms with E-state index in [0.717, 1.165) is 39.0 Å². The molecule has 284 valence electrons. The molecule has 0 bridgehead atoms. The fraction of sp³-hybridized carbons (Fsp3) is 0.415. The van der Waals surface area contributed by atoms with Gasteiger partial charge in [-0.3, -0.25) is 14.4 Å². The number of nitrogens with zero attached hydrogens (tertiary/aromatic N) is 1. The number of oxime groups is 1. The van der Waals surface area contributed by atoms with Crippen molar-refractivity contribution in [1.82, 2.24) is 5.32 Å². The van der Waals surface area contributed by atoms with Crippen LogP contribution in [0.25, 0.3) is 21.5 Å². The highest BCUT2D eigenvalue weighted by Gasteiger charge is 2.24. The third-order valence-corrected chi connectivity index (χ3v) is 7.89. The van der Waals surface area contributed by atoms with Crippen LogP contribution < -0.4 is 5.32 Å². The Morgan fingerprint density at radius 3 is 1.81 bits per heavy atom. The second-order valence-corrected chi connectivity index (χ2v) is 12.1. The molecule has 12 heteroatoms. The maximum atomic E-state index is 11.0. The van der Waals surface area contributed by atoms with Crippen molar-refractivity contribution in [3.63, 3.8) is 0 Å². The van der Waals surface area contributed by atoms with Crippen molar-refractivity contribution < 1.29 is 49.6 Å². The van der Waals surface area contributed by atoms with E-state index in [1.807, 2.05) is 11.2 Å². The van der Waals surface area contributed by atoms with Crippen LogP contribution in [-0.4, -0.2) is 67.2 Å². The van der Waals surface area contributed by atoms with E-state index >= 15 is 0 Å². The Kier molecular flexibility index (Phi) is 22.9. The number of aliphatic carboxylic acids is 4. The van der Waals surface area contributed by atoms with Crippen LogP contribution in [0.15, 0.2) is 59.8 Å². The molecule has 0 saturated heterocycles. The van der Waals surface area contributed by atoms with Gasteiger partial charge in [-0.15, -0.1) is 0 Å². The molecule has 3 rings (SSSR count). The summed E-state index contributed by atoms with van der Waals surface area (Å²) in [5.74, 6) is 4.07. The van der Waals surface area contributed by atoms with Gasteiger partial charge in [0.1, 0.15) is 11.8 Å². The fourth-order valence-corrected chi connectivity index (χ4v) is 5.18. The Morgan fingerprint density at radius 1 is 0.736 bits per heavy atom. The number of carbonyl (C=O) groups is 5. The first kappa shape index (κ1) is 45.1. The third kappa shape index (κ3) is 19.9. The fourth-order valence-electron chi connectivity index (χ4n) is 5.18. The number of fused-ring (bicyclic) bond motifs is 2. The molecule has 3 aromatic rings. The second kappa shape index (κ2) is 26.9. The van der Waals surface area contributed by atoms with Crippen molar-refractivity contribution in [2.24, 2.45) is 5.16 Å². The molecule has 12 nitrogen and oxygen atoms in total. The van der Waals surface area contributed by atoms with Crippen LogP contribution in [0.5, 0.6) is 0 Å². The van der Waals surface area contributed by atoms with E-state index in [2.05, 4.69) is 84.4 Å². The lowest BCUT2D eigenvalue weighted by molar-refractivity contribution is -0.146. The van der Waals surface area contributed by atoms with Crippen LogP contribution in [0.1, 0.15) is 103 Å². The monoisotopic (exact) mass is 730 g/mol. The summed E-state index contributed by atoms with van der Waals surface area (Å²) in [4.78, 5) is 52.4. The molecule has 3 aromatic carbocycles. The second-order valence-electron chi connectivity index (χ2n) is 12.1. The van der Waals surface area contributed by atoms with Crippen LogP contribution >= 0.6 is 0 Å². The molecule has 1 atom stereocenters. The predicted molar refractivity (Wildman–Crippen MR) is 204 cm³/mol. The lowest BCUT2D eigenvalue weighted by atomic mass is 9.93. The summed E-state index contributed by atoms with van der Waals surface area (Å²) in [6.07, 6.45) is 13.2. The van der Waals surface area contributed by atoms with Crippen LogP contribution in [0.3, 0.4) is 0 Å². The van der Waals surface area contributed by atoms with Crippen molar-refractivity contribution in [2.45, 2.75) is 110 Å². The van der Waals surface area contributed by atoms with Gasteiger partial charge in [-0.05, 0) is 77.6 Å². The van der Waals surface area contributed by atoms with E-state index in [4.69, 9.17) is 25.6 Å². The largest absolute Gasteiger partial charge is 0.481 e. The normalized spacial score (nSPS) is 10.9. The van der Waals surface area contributed by atoms with Crippen molar-refractivity contribution in [3.8, 4) is 23.7 Å². The zero-order valence-corrected chi connectivity index (χ0v) is 30.4. The maximum absolute atomic E-state index is 11.0. The number of hydrogen-bond acceptors (Lipinski definition) is 7. The van der Waals surface area contributed by atoms with Crippen molar-refractivity contribution >= 4 is 57.0 Å². The summed E-state index contributed by atoms with van der Waals surface area (Å²) < 4.78 is 0. The van der Waals surface area contributed by atoms with E-state index in [-0.39, 0.29) is 12.1 Å². The van der Waals surface area contributed by atoms with E-state index in [9.17, 15) is 24.0 Å². The third-order valence-electron chi connectivity index (χ3n) is 7.89. The van der Waals surface area contributed by atoms with E-state index in [1.165, 1.54) is 72.1 Å². The lowest BCUT2D eigenvalue weighted by Crippen LogP contribution is -2.44. The molecule has 0 saturated carbocycles. The Morgan fingerprint density at radius 2 is 1.30 bits per heavy atom. The number of benzene rings is 3. The molecule has 0 aliphatic carbocycles. The van der Waals surface area contributed by atoms with Gasteiger partial charge in [-0.1, -0.05) is 111 Å². The molecule has 0 aliphatic heterocycles. The molecule has 0 spiro atoms. The summed E-state index contributed by atoms with van der Waals surface area (Å²) >= 11 is 0. The summed E-state index contributed by atoms with van der Waals surface area (Å²) in [5, 5.41) is 51.6. The Hall–Kier alpha value is -5.88. The van der Waals surface area contributed by atoms with Crippen LogP contribution in [0.4, 0.5) is 0 Å². The van der Waals surface area contributed by atoms with Gasteiger partial charge in [-0.2, -0.15) is 0 Å². The first-order valence-corrected chi connectivity index (χ1v) is 17.7. The number of carbonyl (C=O) groups excluding carboxylic acids is 1. The Balaban J connectivity index is 0.000000406. The van der Waals surface area contributed by atoms with Gasteiger partial charge in [0.05, 0.1) is 6.42 Å². The molecule has 0 radical (unpaired) electrons. The Bertz CT molecular complexity index is 1760. The quantitative estimate of drug-likeness (QED) is 0.0192. The Labute approximate surface area is 310 Å². The van der Waals surface area contributed by atoms with Crippen LogP contribution in [0, 0.1) is 23.7 Å². The molecule has 0 fully saturated rings. The average molecular weight is 731 g/mol. The number of unbranched alkanes of at least 4 members (excludes halogenated alkanes) is 9. The molecule has 0 aromatic heterocycles. The first-order valence-electron chi connectivity index (χ1n) is 17.7. The summed E-state index contributed by atoms with van der Waals surface area (Å²) in [7, 11) is 0. The van der Waals surface area contributed by atoms with Crippen molar-refractivity contribution in [1.29, 1.82) is 0 Å². The number of aryl methyl sites for hydroxylation is 1. The van der Waals surface area contributed by atoms with E-state index < -0.39 is 42.2 Å². The number of carboxylic acid groups (broad SMARTS) is 4. The topological polar surface area (TPSA) is 211 Å². The molecule has 0 heterocycles. The summed E-state index contributed by atoms with van der Waals surface area (Å²) in [6, 6.07) is 17.5. The number of rotatable bonds is 18. The van der Waals surface area contributed by atoms with Gasteiger partial charge in [0.25, 0.3) is 5.91 Å². The average Bonchev–Trinajstić information content (AvgIpc) is 3.12. The SMILES string of the molecule is CC(=NO)C(=O)NC(CC(=O)O)C(=O)O.CCCCCCCCCCC#CC#CC(=O)O.O=C(O)CCCCc1c2ccccc2cc2ccccc12. The molecule has 0 aliphatic rings. The number of nitrogens with one attached hydrogen (secondary N) is 1. The molecule has 1 unspecified atom stereocenters. The summed E-state index contributed by atoms with van der Waals surface area (Å²) in [5.41, 5.74) is 0.987. The molecule has 1 amide bonds. The van der Waals surface area contributed by atoms with E-state index in [1.54, 1.807) is 0 Å². The van der Waals surface area contributed by atoms with Crippen molar-refractivity contribution in [3.05, 3.63) is 60.2 Å². The smallest absolute Gasteiger partial charge is 0.382 e. The number of amides is 1. The number of hydrogen-bond donors (Lipinski definition) is 6. The van der Waals surface area contributed by atoms with Crippen LogP contribution in [-0.2, 0) is 30.4 Å². The van der Waals surface area contributed by atoms with Gasteiger partial charge in [0.2, 0.25) is 0 Å². The minimum absolute atomic E-state index is 0.253. The van der Waals surface area contributed by atoms with Gasteiger partial charge >= 0.3 is 23.9 Å². The van der Waals surface area contributed by atoms with E-state index in [0.29, 0.717) is 0 Å². The summed E-state index contributed by atoms with van der Waals surface area (Å²) in [6.45, 7) is 3.38. The molecule has 53 heavy (non-hydrogen) atoms. The first-order chi connectivity index (χ1) is 25.4. The van der Waals surface area contributed by atoms with Gasteiger partial charge in [0.15, 0.2) is 0 Å². The minimum Gasteiger partial charge on any atom is -0.481 e. The highest BCUT2D eigenvalue weighted by molar-refractivity contribution is 6.38. The highest BCUT2D eigenvalue weighted by Crippen LogP contribution is 2.29. The zero-order valence-electron chi connectivity index (χ0n) is 30.4. The lowest BCUT2D eigenvalue weighted by Gasteiger charge is -2.11. The number of carboxylic acids is 4. The van der Waals surface area contributed by atoms with Crippen LogP contribution in [0.2, 0.25) is 0 Å². The van der Waals surface area contributed by atoms with Gasteiger partial charge in [-0.25, -0.2) is 9.59 Å². The maximum Gasteiger partial charge on any atom is 0.382 e.